The van der Waals surface area contributed by atoms with Gasteiger partial charge < -0.3 is 20.1 Å². The summed E-state index contributed by atoms with van der Waals surface area (Å²) in [5, 5.41) is 24.9. The molecule has 0 fully saturated rings. The van der Waals surface area contributed by atoms with Crippen LogP contribution in [0.5, 0.6) is 5.75 Å². The summed E-state index contributed by atoms with van der Waals surface area (Å²) in [4.78, 5) is 41.7. The summed E-state index contributed by atoms with van der Waals surface area (Å²) in [6.45, 7) is 8.31. The first-order valence-corrected chi connectivity index (χ1v) is 11.9. The molecule has 11 heteroatoms. The second-order valence-corrected chi connectivity index (χ2v) is 9.57. The topological polar surface area (TPSA) is 140 Å². The molecule has 1 atom stereocenters. The third-order valence-electron chi connectivity index (χ3n) is 5.23. The lowest BCUT2D eigenvalue weighted by atomic mass is 10.0. The molecule has 0 saturated carbocycles. The fourth-order valence-corrected chi connectivity index (χ4v) is 3.58. The molecule has 37 heavy (non-hydrogen) atoms. The minimum absolute atomic E-state index is 0.00236. The monoisotopic (exact) mass is 508 g/mol. The Bertz CT molecular complexity index is 1230. The van der Waals surface area contributed by atoms with Gasteiger partial charge >= 0.3 is 5.97 Å². The van der Waals surface area contributed by atoms with Crippen LogP contribution in [-0.2, 0) is 25.7 Å². The van der Waals surface area contributed by atoms with Crippen molar-refractivity contribution in [3.8, 4) is 17.1 Å². The predicted molar refractivity (Wildman–Crippen MR) is 135 cm³/mol. The van der Waals surface area contributed by atoms with Gasteiger partial charge in [0.05, 0.1) is 6.61 Å². The third kappa shape index (κ3) is 7.60. The van der Waals surface area contributed by atoms with Crippen LogP contribution in [0.1, 0.15) is 44.9 Å². The Morgan fingerprint density at radius 3 is 2.32 bits per heavy atom. The molecule has 0 unspecified atom stereocenters. The summed E-state index contributed by atoms with van der Waals surface area (Å²) in [5.74, 6) is -1.43. The average Bonchev–Trinajstić information content (AvgIpc) is 3.27. The van der Waals surface area contributed by atoms with Crippen molar-refractivity contribution in [3.63, 3.8) is 0 Å². The lowest BCUT2D eigenvalue weighted by Crippen LogP contribution is -2.51. The Balaban J connectivity index is 1.95. The van der Waals surface area contributed by atoms with Gasteiger partial charge in [0.2, 0.25) is 17.6 Å². The van der Waals surface area contributed by atoms with E-state index in [2.05, 4.69) is 20.7 Å². The molecule has 1 heterocycles. The molecule has 0 bridgehead atoms. The first-order valence-electron chi connectivity index (χ1n) is 11.9. The Hall–Kier alpha value is -4.28. The maximum absolute atomic E-state index is 13.6. The number of amides is 2. The van der Waals surface area contributed by atoms with Gasteiger partial charge in [0.25, 0.3) is 0 Å². The predicted octanol–water partition coefficient (Wildman–Crippen LogP) is 2.40. The quantitative estimate of drug-likeness (QED) is 0.420. The van der Waals surface area contributed by atoms with E-state index in [1.807, 2.05) is 52.0 Å². The first kappa shape index (κ1) is 27.3. The number of nitrogens with zero attached hydrogens (tertiary/aromatic N) is 5. The maximum atomic E-state index is 13.6. The van der Waals surface area contributed by atoms with Crippen molar-refractivity contribution in [1.29, 1.82) is 0 Å². The van der Waals surface area contributed by atoms with Gasteiger partial charge in [0.15, 0.2) is 0 Å². The fourth-order valence-electron chi connectivity index (χ4n) is 3.58. The van der Waals surface area contributed by atoms with E-state index in [1.165, 1.54) is 24.3 Å². The largest absolute Gasteiger partial charge is 0.508 e. The minimum Gasteiger partial charge on any atom is -0.508 e. The van der Waals surface area contributed by atoms with Crippen molar-refractivity contribution in [1.82, 2.24) is 30.4 Å². The highest BCUT2D eigenvalue weighted by Crippen LogP contribution is 2.25. The summed E-state index contributed by atoms with van der Waals surface area (Å²) in [6, 6.07) is 12.2. The number of aromatic hydroxyl groups is 1. The van der Waals surface area contributed by atoms with Crippen molar-refractivity contribution < 1.29 is 24.2 Å². The molecule has 0 spiro atoms. The van der Waals surface area contributed by atoms with Crippen LogP contribution in [0.3, 0.4) is 0 Å². The minimum atomic E-state index is -1.18. The standard InChI is InChI=1S/C26H32N6O5/c1-6-37-22(35)16-31(23(25(36)27-26(3,4)5)18-11-13-20(33)14-12-18)21(34)15-32-29-24(28-30-32)19-9-7-17(2)8-10-19/h7-14,23,33H,6,15-16H2,1-5H3,(H,27,36)/t23-/m0/s1. The zero-order valence-electron chi connectivity index (χ0n) is 21.6. The summed E-state index contributed by atoms with van der Waals surface area (Å²) in [6.07, 6.45) is 0. The second-order valence-electron chi connectivity index (χ2n) is 9.57. The number of phenols is 1. The number of carbonyl (C=O) groups is 3. The molecule has 0 radical (unpaired) electrons. The van der Waals surface area contributed by atoms with E-state index < -0.39 is 35.9 Å². The maximum Gasteiger partial charge on any atom is 0.325 e. The SMILES string of the molecule is CCOC(=O)CN(C(=O)Cn1nnc(-c2ccc(C)cc2)n1)[C@H](C(=O)NC(C)(C)C)c1ccc(O)cc1. The lowest BCUT2D eigenvalue weighted by molar-refractivity contribution is -0.153. The van der Waals surface area contributed by atoms with Crippen LogP contribution in [0.2, 0.25) is 0 Å². The average molecular weight is 509 g/mol. The molecule has 3 rings (SSSR count). The van der Waals surface area contributed by atoms with Gasteiger partial charge in [-0.15, -0.1) is 10.2 Å². The normalized spacial score (nSPS) is 12.0. The van der Waals surface area contributed by atoms with Gasteiger partial charge in [-0.25, -0.2) is 0 Å². The van der Waals surface area contributed by atoms with Gasteiger partial charge in [-0.1, -0.05) is 42.0 Å². The molecule has 0 saturated heterocycles. The van der Waals surface area contributed by atoms with Crippen LogP contribution in [0.25, 0.3) is 11.4 Å². The molecule has 2 N–H and O–H groups in total. The molecule has 0 aliphatic rings. The number of tetrazole rings is 1. The van der Waals surface area contributed by atoms with Gasteiger partial charge in [-0.05, 0) is 57.5 Å². The zero-order valence-corrected chi connectivity index (χ0v) is 21.6. The molecule has 3 aromatic rings. The molecule has 0 aliphatic carbocycles. The van der Waals surface area contributed by atoms with Crippen molar-refractivity contribution in [2.45, 2.75) is 52.7 Å². The molecular formula is C26H32N6O5. The molecule has 196 valence electrons. The van der Waals surface area contributed by atoms with E-state index in [-0.39, 0.29) is 18.9 Å². The Labute approximate surface area is 215 Å². The van der Waals surface area contributed by atoms with E-state index in [0.29, 0.717) is 11.4 Å². The number of aromatic nitrogens is 4. The number of benzene rings is 2. The van der Waals surface area contributed by atoms with Gasteiger partial charge in [0.1, 0.15) is 24.9 Å². The van der Waals surface area contributed by atoms with Gasteiger partial charge in [-0.3, -0.25) is 14.4 Å². The second kappa shape index (κ2) is 11.6. The first-order chi connectivity index (χ1) is 17.5. The van der Waals surface area contributed by atoms with Crippen molar-refractivity contribution in [2.75, 3.05) is 13.2 Å². The summed E-state index contributed by atoms with van der Waals surface area (Å²) < 4.78 is 5.08. The summed E-state index contributed by atoms with van der Waals surface area (Å²) in [5.41, 5.74) is 1.61. The van der Waals surface area contributed by atoms with Crippen molar-refractivity contribution >= 4 is 17.8 Å². The van der Waals surface area contributed by atoms with Crippen molar-refractivity contribution in [2.24, 2.45) is 0 Å². The number of rotatable bonds is 9. The zero-order chi connectivity index (χ0) is 27.2. The molecule has 1 aromatic heterocycles. The number of ether oxygens (including phenoxy) is 1. The number of phenolic OH excluding ortho intramolecular Hbond substituents is 1. The smallest absolute Gasteiger partial charge is 0.325 e. The molecule has 0 aliphatic heterocycles. The highest BCUT2D eigenvalue weighted by atomic mass is 16.5. The number of esters is 1. The van der Waals surface area contributed by atoms with Gasteiger partial charge in [0, 0.05) is 11.1 Å². The highest BCUT2D eigenvalue weighted by Gasteiger charge is 2.35. The molecular weight excluding hydrogens is 476 g/mol. The van der Waals surface area contributed by atoms with Crippen LogP contribution in [0, 0.1) is 6.92 Å². The molecule has 2 aromatic carbocycles. The molecule has 2 amide bonds. The van der Waals surface area contributed by atoms with E-state index in [4.69, 9.17) is 4.74 Å². The summed E-state index contributed by atoms with van der Waals surface area (Å²) >= 11 is 0. The van der Waals surface area contributed by atoms with E-state index >= 15 is 0 Å². The number of hydrogen-bond donors (Lipinski definition) is 2. The van der Waals surface area contributed by atoms with E-state index in [0.717, 1.165) is 20.8 Å². The van der Waals surface area contributed by atoms with Crippen molar-refractivity contribution in [3.05, 3.63) is 59.7 Å². The number of carbonyl (C=O) groups excluding carboxylic acids is 3. The Morgan fingerprint density at radius 2 is 1.73 bits per heavy atom. The number of aryl methyl sites for hydroxylation is 1. The summed E-state index contributed by atoms with van der Waals surface area (Å²) in [7, 11) is 0. The lowest BCUT2D eigenvalue weighted by Gasteiger charge is -2.33. The third-order valence-corrected chi connectivity index (χ3v) is 5.23. The van der Waals surface area contributed by atoms with Crippen LogP contribution in [0.4, 0.5) is 0 Å². The Morgan fingerprint density at radius 1 is 1.08 bits per heavy atom. The van der Waals surface area contributed by atoms with Crippen LogP contribution in [-0.4, -0.2) is 66.7 Å². The van der Waals surface area contributed by atoms with E-state index in [1.54, 1.807) is 6.92 Å². The number of hydrogen-bond acceptors (Lipinski definition) is 8. The number of nitrogens with one attached hydrogen (secondary N) is 1. The van der Waals surface area contributed by atoms with Gasteiger partial charge in [-0.2, -0.15) is 4.80 Å². The molecule has 11 nitrogen and oxygen atoms in total. The van der Waals surface area contributed by atoms with E-state index in [9.17, 15) is 19.5 Å². The highest BCUT2D eigenvalue weighted by molar-refractivity contribution is 5.91. The van der Waals surface area contributed by atoms with Crippen LogP contribution >= 0.6 is 0 Å². The Kier molecular flexibility index (Phi) is 8.59. The van der Waals surface area contributed by atoms with Crippen LogP contribution in [0.15, 0.2) is 48.5 Å². The fraction of sp³-hybridized carbons (Fsp3) is 0.385. The van der Waals surface area contributed by atoms with Crippen LogP contribution < -0.4 is 5.32 Å².